The Morgan fingerprint density at radius 3 is 2.70 bits per heavy atom. The first-order valence-electron chi connectivity index (χ1n) is 8.44. The van der Waals surface area contributed by atoms with Gasteiger partial charge in [0, 0.05) is 38.4 Å². The van der Waals surface area contributed by atoms with E-state index in [4.69, 9.17) is 9.47 Å². The second kappa shape index (κ2) is 7.32. The summed E-state index contributed by atoms with van der Waals surface area (Å²) in [5, 5.41) is 0. The Balaban J connectivity index is 1.51. The van der Waals surface area contributed by atoms with Gasteiger partial charge in [-0.1, -0.05) is 18.2 Å². The smallest absolute Gasteiger partial charge is 0.226 e. The van der Waals surface area contributed by atoms with Crippen LogP contribution in [-0.4, -0.2) is 67.7 Å². The molecule has 1 aromatic rings. The number of carbonyl (C=O) groups is 1. The van der Waals surface area contributed by atoms with Gasteiger partial charge in [-0.25, -0.2) is 0 Å². The molecule has 0 aliphatic carbocycles. The minimum Gasteiger partial charge on any atom is -0.493 e. The second-order valence-corrected chi connectivity index (χ2v) is 6.49. The summed E-state index contributed by atoms with van der Waals surface area (Å²) in [6, 6.07) is 9.66. The first-order chi connectivity index (χ1) is 11.2. The number of hydrogen-bond acceptors (Lipinski definition) is 4. The molecule has 5 nitrogen and oxygen atoms in total. The third-order valence-corrected chi connectivity index (χ3v) is 5.10. The van der Waals surface area contributed by atoms with Crippen molar-refractivity contribution in [1.29, 1.82) is 0 Å². The Bertz CT molecular complexity index is 514. The monoisotopic (exact) mass is 318 g/mol. The Morgan fingerprint density at radius 1 is 1.22 bits per heavy atom. The molecule has 126 valence electrons. The Kier molecular flexibility index (Phi) is 5.18. The number of likely N-dealkylation sites (N-methyl/N-ethyl adjacent to an activating group) is 1. The van der Waals surface area contributed by atoms with Crippen molar-refractivity contribution in [2.24, 2.45) is 0 Å². The molecule has 2 aliphatic rings. The predicted octanol–water partition coefficient (Wildman–Crippen LogP) is 1.78. The van der Waals surface area contributed by atoms with E-state index in [9.17, 15) is 4.79 Å². The molecule has 0 aromatic heterocycles. The molecule has 5 heteroatoms. The molecule has 2 saturated heterocycles. The summed E-state index contributed by atoms with van der Waals surface area (Å²) in [6.45, 7) is 4.59. The first-order valence-corrected chi connectivity index (χ1v) is 8.44. The maximum atomic E-state index is 12.5. The second-order valence-electron chi connectivity index (χ2n) is 6.49. The Labute approximate surface area is 138 Å². The highest BCUT2D eigenvalue weighted by atomic mass is 16.5. The summed E-state index contributed by atoms with van der Waals surface area (Å²) in [4.78, 5) is 16.9. The standard InChI is InChI=1S/C18H26N2O3/c1-19-10-11-20(15-18(19)8-13-22-14-9-18)17(21)7-12-23-16-5-3-2-4-6-16/h2-6H,7-15H2,1H3. The van der Waals surface area contributed by atoms with E-state index < -0.39 is 0 Å². The Morgan fingerprint density at radius 2 is 1.96 bits per heavy atom. The SMILES string of the molecule is CN1CCN(C(=O)CCOc2ccccc2)CC12CCOCC2. The third-order valence-electron chi connectivity index (χ3n) is 5.10. The topological polar surface area (TPSA) is 42.0 Å². The lowest BCUT2D eigenvalue weighted by Crippen LogP contribution is -2.63. The lowest BCUT2D eigenvalue weighted by Gasteiger charge is -2.51. The third kappa shape index (κ3) is 3.85. The van der Waals surface area contributed by atoms with Crippen LogP contribution in [0.3, 0.4) is 0 Å². The number of amides is 1. The summed E-state index contributed by atoms with van der Waals surface area (Å²) in [5.74, 6) is 1.01. The van der Waals surface area contributed by atoms with Crippen LogP contribution in [0.15, 0.2) is 30.3 Å². The van der Waals surface area contributed by atoms with Gasteiger partial charge in [0.25, 0.3) is 0 Å². The van der Waals surface area contributed by atoms with Crippen molar-refractivity contribution in [3.05, 3.63) is 30.3 Å². The van der Waals surface area contributed by atoms with Crippen LogP contribution >= 0.6 is 0 Å². The van der Waals surface area contributed by atoms with Gasteiger partial charge in [-0.15, -0.1) is 0 Å². The van der Waals surface area contributed by atoms with Crippen molar-refractivity contribution in [2.75, 3.05) is 46.5 Å². The molecule has 3 rings (SSSR count). The largest absolute Gasteiger partial charge is 0.493 e. The van der Waals surface area contributed by atoms with E-state index in [1.807, 2.05) is 35.2 Å². The maximum absolute atomic E-state index is 12.5. The van der Waals surface area contributed by atoms with Crippen molar-refractivity contribution in [2.45, 2.75) is 24.8 Å². The molecule has 1 amide bonds. The molecule has 0 bridgehead atoms. The highest BCUT2D eigenvalue weighted by Crippen LogP contribution is 2.30. The van der Waals surface area contributed by atoms with E-state index in [2.05, 4.69) is 11.9 Å². The molecule has 0 unspecified atom stereocenters. The van der Waals surface area contributed by atoms with E-state index in [1.54, 1.807) is 0 Å². The highest BCUT2D eigenvalue weighted by molar-refractivity contribution is 5.76. The molecule has 1 spiro atoms. The highest BCUT2D eigenvalue weighted by Gasteiger charge is 2.41. The molecular weight excluding hydrogens is 292 g/mol. The molecule has 1 aromatic carbocycles. The summed E-state index contributed by atoms with van der Waals surface area (Å²) >= 11 is 0. The quantitative estimate of drug-likeness (QED) is 0.849. The van der Waals surface area contributed by atoms with Gasteiger partial charge in [0.05, 0.1) is 13.0 Å². The average Bonchev–Trinajstić information content (AvgIpc) is 2.59. The number of hydrogen-bond donors (Lipinski definition) is 0. The van der Waals surface area contributed by atoms with Crippen LogP contribution in [0.1, 0.15) is 19.3 Å². The number of benzene rings is 1. The fraction of sp³-hybridized carbons (Fsp3) is 0.611. The molecule has 2 heterocycles. The molecule has 0 N–H and O–H groups in total. The Hall–Kier alpha value is -1.59. The van der Waals surface area contributed by atoms with Crippen LogP contribution in [0, 0.1) is 0 Å². The average molecular weight is 318 g/mol. The molecular formula is C18H26N2O3. The number of para-hydroxylation sites is 1. The first kappa shape index (κ1) is 16.3. The van der Waals surface area contributed by atoms with Gasteiger partial charge in [-0.3, -0.25) is 9.69 Å². The molecule has 0 radical (unpaired) electrons. The van der Waals surface area contributed by atoms with E-state index in [0.29, 0.717) is 13.0 Å². The summed E-state index contributed by atoms with van der Waals surface area (Å²) < 4.78 is 11.2. The maximum Gasteiger partial charge on any atom is 0.226 e. The van der Waals surface area contributed by atoms with E-state index in [-0.39, 0.29) is 11.4 Å². The number of ether oxygens (including phenoxy) is 2. The zero-order chi connectivity index (χ0) is 16.1. The molecule has 23 heavy (non-hydrogen) atoms. The minimum atomic E-state index is 0.104. The van der Waals surface area contributed by atoms with Crippen molar-refractivity contribution in [3.8, 4) is 5.75 Å². The molecule has 0 saturated carbocycles. The molecule has 0 atom stereocenters. The summed E-state index contributed by atoms with van der Waals surface area (Å²) in [6.07, 6.45) is 2.45. The van der Waals surface area contributed by atoms with Crippen LogP contribution in [0.2, 0.25) is 0 Å². The van der Waals surface area contributed by atoms with Gasteiger partial charge >= 0.3 is 0 Å². The zero-order valence-corrected chi connectivity index (χ0v) is 13.9. The van der Waals surface area contributed by atoms with Gasteiger partial charge in [0.15, 0.2) is 0 Å². The molecule has 2 aliphatic heterocycles. The van der Waals surface area contributed by atoms with Gasteiger partial charge in [0.2, 0.25) is 5.91 Å². The number of piperazine rings is 1. The van der Waals surface area contributed by atoms with Crippen LogP contribution in [-0.2, 0) is 9.53 Å². The van der Waals surface area contributed by atoms with Gasteiger partial charge in [-0.05, 0) is 32.0 Å². The van der Waals surface area contributed by atoms with Crippen molar-refractivity contribution in [1.82, 2.24) is 9.80 Å². The lowest BCUT2D eigenvalue weighted by molar-refractivity contribution is -0.140. The van der Waals surface area contributed by atoms with Crippen molar-refractivity contribution in [3.63, 3.8) is 0 Å². The fourth-order valence-electron chi connectivity index (χ4n) is 3.50. The van der Waals surface area contributed by atoms with Crippen LogP contribution in [0.4, 0.5) is 0 Å². The van der Waals surface area contributed by atoms with E-state index >= 15 is 0 Å². The lowest BCUT2D eigenvalue weighted by atomic mass is 9.86. The van der Waals surface area contributed by atoms with E-state index in [1.165, 1.54) is 0 Å². The number of rotatable bonds is 4. The van der Waals surface area contributed by atoms with Gasteiger partial charge in [-0.2, -0.15) is 0 Å². The van der Waals surface area contributed by atoms with Crippen LogP contribution < -0.4 is 4.74 Å². The van der Waals surface area contributed by atoms with Crippen LogP contribution in [0.5, 0.6) is 5.75 Å². The summed E-state index contributed by atoms with van der Waals surface area (Å²) in [7, 11) is 2.17. The van der Waals surface area contributed by atoms with Gasteiger partial charge in [0.1, 0.15) is 5.75 Å². The molecule has 2 fully saturated rings. The van der Waals surface area contributed by atoms with Crippen molar-refractivity contribution < 1.29 is 14.3 Å². The van der Waals surface area contributed by atoms with Crippen molar-refractivity contribution >= 4 is 5.91 Å². The predicted molar refractivity (Wildman–Crippen MR) is 88.5 cm³/mol. The normalized spacial score (nSPS) is 21.3. The van der Waals surface area contributed by atoms with Gasteiger partial charge < -0.3 is 14.4 Å². The minimum absolute atomic E-state index is 0.104. The van der Waals surface area contributed by atoms with E-state index in [0.717, 1.165) is 51.4 Å². The summed E-state index contributed by atoms with van der Waals surface area (Å²) in [5.41, 5.74) is 0.104. The fourth-order valence-corrected chi connectivity index (χ4v) is 3.50. The zero-order valence-electron chi connectivity index (χ0n) is 13.9. The number of nitrogens with zero attached hydrogens (tertiary/aromatic N) is 2. The van der Waals surface area contributed by atoms with Crippen LogP contribution in [0.25, 0.3) is 0 Å². The number of carbonyl (C=O) groups excluding carboxylic acids is 1.